The maximum atomic E-state index is 5.66. The third kappa shape index (κ3) is 2.20. The Bertz CT molecular complexity index is 966. The number of hydrogen-bond acceptors (Lipinski definition) is 7. The first-order valence-corrected chi connectivity index (χ1v) is 7.85. The van der Waals surface area contributed by atoms with Gasteiger partial charge in [0.05, 0.1) is 13.7 Å². The molecule has 2 aliphatic rings. The summed E-state index contributed by atoms with van der Waals surface area (Å²) in [5, 5.41) is 4.17. The Kier molecular flexibility index (Phi) is 3.07. The highest BCUT2D eigenvalue weighted by molar-refractivity contribution is 5.82. The lowest BCUT2D eigenvalue weighted by Gasteiger charge is -2.07. The van der Waals surface area contributed by atoms with Gasteiger partial charge in [-0.25, -0.2) is 0 Å². The number of fused-ring (bicyclic) bond motifs is 2. The summed E-state index contributed by atoms with van der Waals surface area (Å²) in [4.78, 5) is 10.5. The molecule has 0 saturated heterocycles. The van der Waals surface area contributed by atoms with Gasteiger partial charge in [-0.1, -0.05) is 17.3 Å². The average Bonchev–Trinajstić information content (AvgIpc) is 3.38. The molecule has 0 amide bonds. The van der Waals surface area contributed by atoms with Crippen molar-refractivity contribution in [2.24, 2.45) is 0 Å². The molecule has 1 N–H and O–H groups in total. The molecular formula is C18H14N2O5. The maximum Gasteiger partial charge on any atom is 0.237 e. The van der Waals surface area contributed by atoms with Crippen LogP contribution in [0.4, 0.5) is 0 Å². The molecule has 2 aliphatic heterocycles. The minimum absolute atomic E-state index is 0.502. The van der Waals surface area contributed by atoms with Crippen LogP contribution in [0.1, 0.15) is 5.56 Å². The molecule has 0 fully saturated rings. The van der Waals surface area contributed by atoms with E-state index in [0.717, 1.165) is 35.5 Å². The van der Waals surface area contributed by atoms with E-state index in [1.807, 2.05) is 18.2 Å². The zero-order valence-electron chi connectivity index (χ0n) is 13.4. The fourth-order valence-electron chi connectivity index (χ4n) is 3.13. The highest BCUT2D eigenvalue weighted by Gasteiger charge is 2.24. The Balaban J connectivity index is 1.62. The molecule has 2 aromatic carbocycles. The van der Waals surface area contributed by atoms with Crippen molar-refractivity contribution in [2.45, 2.75) is 6.42 Å². The molecule has 5 rings (SSSR count). The molecule has 0 spiro atoms. The first-order valence-electron chi connectivity index (χ1n) is 7.85. The van der Waals surface area contributed by atoms with Gasteiger partial charge in [0.2, 0.25) is 11.5 Å². The quantitative estimate of drug-likeness (QED) is 0.786. The first-order chi connectivity index (χ1) is 12.3. The van der Waals surface area contributed by atoms with Crippen LogP contribution in [0.2, 0.25) is 0 Å². The minimum Gasteiger partial charge on any atom is -0.493 e. The van der Waals surface area contributed by atoms with E-state index in [1.165, 1.54) is 5.56 Å². The predicted molar refractivity (Wildman–Crippen MR) is 87.5 cm³/mol. The lowest BCUT2D eigenvalue weighted by molar-refractivity contribution is 0.0248. The van der Waals surface area contributed by atoms with Gasteiger partial charge in [0.25, 0.3) is 0 Å². The monoisotopic (exact) mass is 338 g/mol. The highest BCUT2D eigenvalue weighted by atomic mass is 16.9. The van der Waals surface area contributed by atoms with Crippen molar-refractivity contribution < 1.29 is 23.7 Å². The van der Waals surface area contributed by atoms with E-state index >= 15 is 0 Å². The lowest BCUT2D eigenvalue weighted by Crippen LogP contribution is -2.14. The zero-order valence-corrected chi connectivity index (χ0v) is 13.4. The van der Waals surface area contributed by atoms with E-state index in [0.29, 0.717) is 22.9 Å². The van der Waals surface area contributed by atoms with Gasteiger partial charge in [-0.15, -0.1) is 0 Å². The summed E-state index contributed by atoms with van der Waals surface area (Å²) in [7, 11) is 1.57. The third-order valence-corrected chi connectivity index (χ3v) is 4.39. The zero-order chi connectivity index (χ0) is 16.8. The van der Waals surface area contributed by atoms with Gasteiger partial charge in [0, 0.05) is 23.2 Å². The Morgan fingerprint density at radius 2 is 2.00 bits per heavy atom. The number of nitrogens with one attached hydrogen (secondary N) is 1. The van der Waals surface area contributed by atoms with Gasteiger partial charge < -0.3 is 23.7 Å². The van der Waals surface area contributed by atoms with Crippen LogP contribution in [-0.2, 0) is 6.42 Å². The number of benzene rings is 2. The van der Waals surface area contributed by atoms with E-state index in [4.69, 9.17) is 23.7 Å². The van der Waals surface area contributed by atoms with Crippen LogP contribution in [0, 0.1) is 0 Å². The summed E-state index contributed by atoms with van der Waals surface area (Å²) in [6.07, 6.45) is 2.57. The van der Waals surface area contributed by atoms with Gasteiger partial charge in [-0.2, -0.15) is 0 Å². The van der Waals surface area contributed by atoms with Gasteiger partial charge in [0.15, 0.2) is 5.75 Å². The van der Waals surface area contributed by atoms with Crippen molar-refractivity contribution >= 4 is 0 Å². The molecule has 0 bridgehead atoms. The van der Waals surface area contributed by atoms with Crippen LogP contribution in [-0.4, -0.2) is 18.9 Å². The van der Waals surface area contributed by atoms with Crippen molar-refractivity contribution in [1.29, 1.82) is 0 Å². The number of nitrogens with zero attached hydrogens (tertiary/aromatic N) is 1. The lowest BCUT2D eigenvalue weighted by atomic mass is 9.99. The van der Waals surface area contributed by atoms with Crippen LogP contribution in [0.5, 0.6) is 23.0 Å². The normalized spacial score (nSPS) is 14.3. The van der Waals surface area contributed by atoms with Gasteiger partial charge in [-0.05, 0) is 29.3 Å². The number of aromatic nitrogens is 1. The third-order valence-electron chi connectivity index (χ3n) is 4.39. The van der Waals surface area contributed by atoms with Crippen LogP contribution >= 0.6 is 0 Å². The fourth-order valence-corrected chi connectivity index (χ4v) is 3.13. The molecule has 3 heterocycles. The standard InChI is InChI=1S/C18H14N2O5/c1-21-15-7-12(8-16-18(15)25-20-24-16)17-13(9-23-19-17)11-3-2-10-4-5-22-14(10)6-11/h2-3,6-9,20H,4-5H2,1H3. The SMILES string of the molecule is COc1cc(-c2nocc2-c2ccc3c(c2)OCC3)cc2c1ONO2. The molecule has 7 heteroatoms. The Morgan fingerprint density at radius 1 is 1.08 bits per heavy atom. The number of hydrogen-bond donors (Lipinski definition) is 1. The smallest absolute Gasteiger partial charge is 0.237 e. The largest absolute Gasteiger partial charge is 0.493 e. The maximum absolute atomic E-state index is 5.66. The number of methoxy groups -OCH3 is 1. The van der Waals surface area contributed by atoms with Crippen molar-refractivity contribution in [3.63, 3.8) is 0 Å². The molecule has 0 radical (unpaired) electrons. The second-order valence-corrected chi connectivity index (χ2v) is 5.79. The van der Waals surface area contributed by atoms with Crippen LogP contribution in [0.15, 0.2) is 41.1 Å². The van der Waals surface area contributed by atoms with Gasteiger partial charge in [0.1, 0.15) is 17.7 Å². The average molecular weight is 338 g/mol. The summed E-state index contributed by atoms with van der Waals surface area (Å²) in [6.45, 7) is 0.724. The second-order valence-electron chi connectivity index (χ2n) is 5.79. The summed E-state index contributed by atoms with van der Waals surface area (Å²) in [5.74, 6) is 2.49. The molecule has 0 unspecified atom stereocenters. The molecular weight excluding hydrogens is 324 g/mol. The summed E-state index contributed by atoms with van der Waals surface area (Å²) < 4.78 is 16.3. The Hall–Kier alpha value is -3.19. The van der Waals surface area contributed by atoms with Crippen molar-refractivity contribution in [2.75, 3.05) is 13.7 Å². The molecule has 1 aromatic heterocycles. The van der Waals surface area contributed by atoms with Crippen LogP contribution in [0.25, 0.3) is 22.4 Å². The van der Waals surface area contributed by atoms with Crippen LogP contribution < -0.4 is 24.8 Å². The highest BCUT2D eigenvalue weighted by Crippen LogP contribution is 2.44. The first kappa shape index (κ1) is 14.2. The van der Waals surface area contributed by atoms with Crippen molar-refractivity contribution in [1.82, 2.24) is 10.8 Å². The summed E-state index contributed by atoms with van der Waals surface area (Å²) in [6, 6.07) is 9.81. The molecule has 0 atom stereocenters. The molecule has 3 aromatic rings. The van der Waals surface area contributed by atoms with E-state index < -0.39 is 0 Å². The summed E-state index contributed by atoms with van der Waals surface area (Å²) >= 11 is 0. The number of ether oxygens (including phenoxy) is 2. The van der Waals surface area contributed by atoms with Crippen LogP contribution in [0.3, 0.4) is 0 Å². The van der Waals surface area contributed by atoms with Gasteiger partial charge in [-0.3, -0.25) is 0 Å². The summed E-state index contributed by atoms with van der Waals surface area (Å²) in [5.41, 5.74) is 6.92. The second kappa shape index (κ2) is 5.42. The fraction of sp³-hybridized carbons (Fsp3) is 0.167. The predicted octanol–water partition coefficient (Wildman–Crippen LogP) is 3.14. The molecule has 7 nitrogen and oxygen atoms in total. The van der Waals surface area contributed by atoms with Crippen molar-refractivity contribution in [3.05, 3.63) is 42.2 Å². The topological polar surface area (TPSA) is 75.0 Å². The Labute approximate surface area is 143 Å². The van der Waals surface area contributed by atoms with E-state index in [-0.39, 0.29) is 0 Å². The Morgan fingerprint density at radius 3 is 2.92 bits per heavy atom. The molecule has 0 aliphatic carbocycles. The van der Waals surface area contributed by atoms with E-state index in [1.54, 1.807) is 13.4 Å². The minimum atomic E-state index is 0.502. The molecule has 126 valence electrons. The number of rotatable bonds is 3. The molecule has 25 heavy (non-hydrogen) atoms. The van der Waals surface area contributed by atoms with Gasteiger partial charge >= 0.3 is 0 Å². The van der Waals surface area contributed by atoms with Crippen molar-refractivity contribution in [3.8, 4) is 45.4 Å². The van der Waals surface area contributed by atoms with E-state index in [9.17, 15) is 0 Å². The molecule has 0 saturated carbocycles. The van der Waals surface area contributed by atoms with E-state index in [2.05, 4.69) is 22.9 Å².